The molecule has 3 rings (SSSR count). The maximum Gasteiger partial charge on any atom is 0.240 e. The van der Waals surface area contributed by atoms with E-state index < -0.39 is 15.6 Å². The third-order valence-corrected chi connectivity index (χ3v) is 5.30. The number of rotatable bonds is 5. The molecule has 0 aliphatic heterocycles. The van der Waals surface area contributed by atoms with Crippen LogP contribution in [0.2, 0.25) is 5.02 Å². The minimum atomic E-state index is -3.79. The van der Waals surface area contributed by atoms with E-state index in [0.29, 0.717) is 10.6 Å². The molecule has 1 heterocycles. The third kappa shape index (κ3) is 3.47. The fraction of sp³-hybridized carbons (Fsp3) is 0.176. The number of hydrogen-bond acceptors (Lipinski definition) is 4. The molecule has 0 saturated carbocycles. The van der Waals surface area contributed by atoms with Crippen molar-refractivity contribution >= 4 is 32.6 Å². The normalized spacial score (nSPS) is 14.6. The van der Waals surface area contributed by atoms with Gasteiger partial charge in [-0.3, -0.25) is 0 Å². The van der Waals surface area contributed by atoms with Crippen LogP contribution in [0.15, 0.2) is 63.9 Å². The van der Waals surface area contributed by atoms with Gasteiger partial charge in [0.1, 0.15) is 16.9 Å². The zero-order valence-electron chi connectivity index (χ0n) is 12.9. The van der Waals surface area contributed by atoms with Crippen molar-refractivity contribution in [1.82, 2.24) is 4.72 Å². The van der Waals surface area contributed by atoms with Gasteiger partial charge in [0.2, 0.25) is 10.0 Å². The Labute approximate surface area is 144 Å². The number of halogens is 1. The van der Waals surface area contributed by atoms with E-state index in [-0.39, 0.29) is 17.2 Å². The summed E-state index contributed by atoms with van der Waals surface area (Å²) in [6.07, 6.45) is 0. The lowest BCUT2D eigenvalue weighted by Gasteiger charge is -2.21. The summed E-state index contributed by atoms with van der Waals surface area (Å²) >= 11 is 5.83. The van der Waals surface area contributed by atoms with Gasteiger partial charge in [-0.2, -0.15) is 0 Å². The van der Waals surface area contributed by atoms with Crippen molar-refractivity contribution in [1.29, 1.82) is 0 Å². The van der Waals surface area contributed by atoms with Crippen molar-refractivity contribution in [2.24, 2.45) is 0 Å². The van der Waals surface area contributed by atoms with Crippen molar-refractivity contribution in [2.75, 3.05) is 6.54 Å². The second-order valence-electron chi connectivity index (χ2n) is 5.70. The van der Waals surface area contributed by atoms with Crippen LogP contribution in [0, 0.1) is 0 Å². The first-order valence-corrected chi connectivity index (χ1v) is 9.11. The topological polar surface area (TPSA) is 79.5 Å². The second kappa shape index (κ2) is 6.22. The van der Waals surface area contributed by atoms with Gasteiger partial charge in [0.15, 0.2) is 0 Å². The first-order chi connectivity index (χ1) is 11.3. The number of para-hydroxylation sites is 1. The van der Waals surface area contributed by atoms with E-state index in [1.54, 1.807) is 24.3 Å². The van der Waals surface area contributed by atoms with Crippen molar-refractivity contribution in [3.63, 3.8) is 0 Å². The van der Waals surface area contributed by atoms with Crippen molar-refractivity contribution in [3.8, 4) is 0 Å². The van der Waals surface area contributed by atoms with Gasteiger partial charge in [0.25, 0.3) is 0 Å². The Kier molecular flexibility index (Phi) is 4.40. The lowest BCUT2D eigenvalue weighted by molar-refractivity contribution is 0.0412. The average molecular weight is 366 g/mol. The number of fused-ring (bicyclic) bond motifs is 1. The predicted molar refractivity (Wildman–Crippen MR) is 92.4 cm³/mol. The molecule has 0 radical (unpaired) electrons. The highest BCUT2D eigenvalue weighted by molar-refractivity contribution is 7.89. The summed E-state index contributed by atoms with van der Waals surface area (Å²) in [5.74, 6) is 0.289. The molecule has 0 unspecified atom stereocenters. The molecule has 0 aliphatic carbocycles. The highest BCUT2D eigenvalue weighted by Crippen LogP contribution is 2.28. The first-order valence-electron chi connectivity index (χ1n) is 7.25. The van der Waals surface area contributed by atoms with Crippen molar-refractivity contribution < 1.29 is 17.9 Å². The maximum absolute atomic E-state index is 12.3. The molecular weight excluding hydrogens is 350 g/mol. The van der Waals surface area contributed by atoms with E-state index in [2.05, 4.69) is 4.72 Å². The molecule has 3 aromatic rings. The standard InChI is InChI=1S/C17H16ClNO4S/c1-17(20,16-9-12-5-2-3-8-15(12)23-16)11-19-24(21,22)14-7-4-6-13(18)10-14/h2-10,19-20H,11H2,1H3/t17-/m1/s1. The highest BCUT2D eigenvalue weighted by Gasteiger charge is 2.29. The summed E-state index contributed by atoms with van der Waals surface area (Å²) in [5.41, 5.74) is -0.865. The molecule has 0 spiro atoms. The molecule has 0 saturated heterocycles. The minimum Gasteiger partial charge on any atom is -0.458 e. The monoisotopic (exact) mass is 365 g/mol. The van der Waals surface area contributed by atoms with E-state index in [0.717, 1.165) is 5.39 Å². The van der Waals surface area contributed by atoms with Crippen LogP contribution < -0.4 is 4.72 Å². The lowest BCUT2D eigenvalue weighted by Crippen LogP contribution is -2.38. The number of aliphatic hydroxyl groups is 1. The Morgan fingerprint density at radius 3 is 2.62 bits per heavy atom. The third-order valence-electron chi connectivity index (χ3n) is 3.67. The fourth-order valence-electron chi connectivity index (χ4n) is 2.29. The van der Waals surface area contributed by atoms with Gasteiger partial charge in [-0.15, -0.1) is 0 Å². The van der Waals surface area contributed by atoms with E-state index in [1.165, 1.54) is 19.1 Å². The smallest absolute Gasteiger partial charge is 0.240 e. The predicted octanol–water partition coefficient (Wildman–Crippen LogP) is 3.27. The van der Waals surface area contributed by atoms with E-state index in [1.807, 2.05) is 18.2 Å². The van der Waals surface area contributed by atoms with Gasteiger partial charge < -0.3 is 9.52 Å². The van der Waals surface area contributed by atoms with Crippen LogP contribution >= 0.6 is 11.6 Å². The van der Waals surface area contributed by atoms with Gasteiger partial charge in [0.05, 0.1) is 4.90 Å². The van der Waals surface area contributed by atoms with E-state index >= 15 is 0 Å². The molecule has 1 aromatic heterocycles. The van der Waals surface area contributed by atoms with Crippen LogP contribution in [-0.2, 0) is 15.6 Å². The quantitative estimate of drug-likeness (QED) is 0.727. The number of nitrogens with one attached hydrogen (secondary N) is 1. The van der Waals surface area contributed by atoms with Gasteiger partial charge in [-0.25, -0.2) is 13.1 Å². The molecule has 2 aromatic carbocycles. The zero-order chi connectivity index (χ0) is 17.4. The van der Waals surface area contributed by atoms with E-state index in [9.17, 15) is 13.5 Å². The number of furan rings is 1. The molecule has 7 heteroatoms. The number of benzene rings is 2. The summed E-state index contributed by atoms with van der Waals surface area (Å²) in [5, 5.41) is 11.8. The molecule has 126 valence electrons. The summed E-state index contributed by atoms with van der Waals surface area (Å²) < 4.78 is 32.7. The molecule has 24 heavy (non-hydrogen) atoms. The molecule has 2 N–H and O–H groups in total. The van der Waals surface area contributed by atoms with Crippen LogP contribution in [0.4, 0.5) is 0 Å². The van der Waals surface area contributed by atoms with Gasteiger partial charge >= 0.3 is 0 Å². The molecule has 5 nitrogen and oxygen atoms in total. The summed E-state index contributed by atoms with van der Waals surface area (Å²) in [7, 11) is -3.79. The summed E-state index contributed by atoms with van der Waals surface area (Å²) in [6, 6.07) is 14.9. The Morgan fingerprint density at radius 1 is 1.17 bits per heavy atom. The van der Waals surface area contributed by atoms with E-state index in [4.69, 9.17) is 16.0 Å². The Hall–Kier alpha value is -1.86. The molecule has 0 fully saturated rings. The molecule has 0 bridgehead atoms. The van der Waals surface area contributed by atoms with Gasteiger partial charge in [0, 0.05) is 17.0 Å². The average Bonchev–Trinajstić information content (AvgIpc) is 2.98. The number of hydrogen-bond donors (Lipinski definition) is 2. The summed E-state index contributed by atoms with van der Waals surface area (Å²) in [6.45, 7) is 1.26. The molecular formula is C17H16ClNO4S. The Balaban J connectivity index is 1.81. The SMILES string of the molecule is C[C@@](O)(CNS(=O)(=O)c1cccc(Cl)c1)c1cc2ccccc2o1. The van der Waals surface area contributed by atoms with Gasteiger partial charge in [-0.1, -0.05) is 35.9 Å². The van der Waals surface area contributed by atoms with Crippen LogP contribution in [-0.4, -0.2) is 20.1 Å². The van der Waals surface area contributed by atoms with Crippen molar-refractivity contribution in [2.45, 2.75) is 17.4 Å². The largest absolute Gasteiger partial charge is 0.458 e. The van der Waals surface area contributed by atoms with Crippen LogP contribution in [0.25, 0.3) is 11.0 Å². The zero-order valence-corrected chi connectivity index (χ0v) is 14.4. The first kappa shape index (κ1) is 17.0. The van der Waals surface area contributed by atoms with Crippen molar-refractivity contribution in [3.05, 3.63) is 65.4 Å². The molecule has 1 atom stereocenters. The number of sulfonamides is 1. The summed E-state index contributed by atoms with van der Waals surface area (Å²) in [4.78, 5) is 0.0374. The van der Waals surface area contributed by atoms with Crippen LogP contribution in [0.3, 0.4) is 0 Å². The fourth-order valence-corrected chi connectivity index (χ4v) is 3.72. The Morgan fingerprint density at radius 2 is 1.92 bits per heavy atom. The Bertz CT molecular complexity index is 946. The lowest BCUT2D eigenvalue weighted by atomic mass is 10.0. The second-order valence-corrected chi connectivity index (χ2v) is 7.91. The van der Waals surface area contributed by atoms with Crippen LogP contribution in [0.1, 0.15) is 12.7 Å². The maximum atomic E-state index is 12.3. The highest BCUT2D eigenvalue weighted by atomic mass is 35.5. The molecule has 0 aliphatic rings. The molecule has 0 amide bonds. The van der Waals surface area contributed by atoms with Gasteiger partial charge in [-0.05, 0) is 37.3 Å². The minimum absolute atomic E-state index is 0.0374. The van der Waals surface area contributed by atoms with Crippen LogP contribution in [0.5, 0.6) is 0 Å².